The quantitative estimate of drug-likeness (QED) is 0.288. The van der Waals surface area contributed by atoms with Crippen LogP contribution in [0.2, 0.25) is 0 Å². The SMILES string of the molecule is O=C(O)C(Cc1ccc(I)cc1)Nc1nc(-c2cccc(N(O)O)c2)cs1. The number of thiazole rings is 1. The second kappa shape index (κ2) is 8.65. The predicted molar refractivity (Wildman–Crippen MR) is 112 cm³/mol. The number of carboxylic acid groups (broad SMARTS) is 1. The van der Waals surface area contributed by atoms with Crippen molar-refractivity contribution >= 4 is 50.7 Å². The van der Waals surface area contributed by atoms with Crippen molar-refractivity contribution < 1.29 is 20.3 Å². The number of hydrogen-bond donors (Lipinski definition) is 4. The Morgan fingerprint density at radius 2 is 1.96 bits per heavy atom. The fourth-order valence-corrected chi connectivity index (χ4v) is 3.60. The van der Waals surface area contributed by atoms with Gasteiger partial charge in [-0.05, 0) is 52.4 Å². The van der Waals surface area contributed by atoms with E-state index >= 15 is 0 Å². The number of benzene rings is 2. The first-order valence-electron chi connectivity index (χ1n) is 7.90. The number of nitrogens with one attached hydrogen (secondary N) is 1. The first kappa shape index (κ1) is 19.5. The summed E-state index contributed by atoms with van der Waals surface area (Å²) in [4.78, 5) is 16.0. The summed E-state index contributed by atoms with van der Waals surface area (Å²) >= 11 is 3.49. The number of aliphatic carboxylic acids is 1. The Labute approximate surface area is 173 Å². The van der Waals surface area contributed by atoms with Crippen LogP contribution in [0.3, 0.4) is 0 Å². The lowest BCUT2D eigenvalue weighted by atomic mass is 10.1. The first-order valence-corrected chi connectivity index (χ1v) is 9.86. The zero-order valence-electron chi connectivity index (χ0n) is 13.9. The highest BCUT2D eigenvalue weighted by Gasteiger charge is 2.19. The summed E-state index contributed by atoms with van der Waals surface area (Å²) in [5, 5.41) is 33.1. The molecule has 9 heteroatoms. The second-order valence-corrected chi connectivity index (χ2v) is 7.85. The lowest BCUT2D eigenvalue weighted by molar-refractivity contribution is -0.137. The van der Waals surface area contributed by atoms with Crippen LogP contribution in [0.1, 0.15) is 5.56 Å². The maximum atomic E-state index is 11.6. The summed E-state index contributed by atoms with van der Waals surface area (Å²) in [6.07, 6.45) is 0.334. The van der Waals surface area contributed by atoms with Gasteiger partial charge in [0.1, 0.15) is 6.04 Å². The molecule has 0 amide bonds. The first-order chi connectivity index (χ1) is 12.9. The third kappa shape index (κ3) is 5.16. The molecule has 3 aromatic rings. The van der Waals surface area contributed by atoms with Crippen molar-refractivity contribution in [3.05, 3.63) is 63.0 Å². The van der Waals surface area contributed by atoms with E-state index in [2.05, 4.69) is 32.9 Å². The highest BCUT2D eigenvalue weighted by atomic mass is 127. The van der Waals surface area contributed by atoms with Crippen molar-refractivity contribution in [2.75, 3.05) is 10.5 Å². The Bertz CT molecular complexity index is 930. The fourth-order valence-electron chi connectivity index (χ4n) is 2.47. The van der Waals surface area contributed by atoms with Gasteiger partial charge in [0.05, 0.1) is 11.4 Å². The van der Waals surface area contributed by atoms with Crippen LogP contribution in [0.25, 0.3) is 11.3 Å². The van der Waals surface area contributed by atoms with Crippen LogP contribution >= 0.6 is 33.9 Å². The molecule has 0 fully saturated rings. The normalized spacial score (nSPS) is 11.8. The van der Waals surface area contributed by atoms with Crippen molar-refractivity contribution in [3.8, 4) is 11.3 Å². The summed E-state index contributed by atoms with van der Waals surface area (Å²) in [5.41, 5.74) is 2.43. The fraction of sp³-hybridized carbons (Fsp3) is 0.111. The van der Waals surface area contributed by atoms with Crippen LogP contribution in [0.5, 0.6) is 0 Å². The predicted octanol–water partition coefficient (Wildman–Crippen LogP) is 4.11. The zero-order valence-corrected chi connectivity index (χ0v) is 16.9. The van der Waals surface area contributed by atoms with Crippen LogP contribution in [0.4, 0.5) is 10.8 Å². The summed E-state index contributed by atoms with van der Waals surface area (Å²) in [6.45, 7) is 0. The van der Waals surface area contributed by atoms with Crippen molar-refractivity contribution in [2.24, 2.45) is 0 Å². The van der Waals surface area contributed by atoms with E-state index in [9.17, 15) is 9.90 Å². The highest BCUT2D eigenvalue weighted by molar-refractivity contribution is 14.1. The van der Waals surface area contributed by atoms with Crippen LogP contribution in [0.15, 0.2) is 53.9 Å². The van der Waals surface area contributed by atoms with Gasteiger partial charge in [0.25, 0.3) is 0 Å². The molecule has 0 saturated heterocycles. The molecule has 0 bridgehead atoms. The second-order valence-electron chi connectivity index (χ2n) is 5.74. The molecule has 0 saturated carbocycles. The molecule has 0 radical (unpaired) electrons. The van der Waals surface area contributed by atoms with E-state index < -0.39 is 12.0 Å². The smallest absolute Gasteiger partial charge is 0.326 e. The van der Waals surface area contributed by atoms with Crippen molar-refractivity contribution in [1.29, 1.82) is 0 Å². The molecule has 1 heterocycles. The maximum Gasteiger partial charge on any atom is 0.326 e. The van der Waals surface area contributed by atoms with Gasteiger partial charge in [-0.15, -0.1) is 16.6 Å². The number of hydrogen-bond acceptors (Lipinski definition) is 7. The number of rotatable bonds is 7. The van der Waals surface area contributed by atoms with Gasteiger partial charge in [-0.25, -0.2) is 9.78 Å². The molecule has 2 aromatic carbocycles. The summed E-state index contributed by atoms with van der Waals surface area (Å²) < 4.78 is 1.09. The molecule has 140 valence electrons. The monoisotopic (exact) mass is 497 g/mol. The van der Waals surface area contributed by atoms with E-state index in [4.69, 9.17) is 10.4 Å². The zero-order chi connectivity index (χ0) is 19.4. The molecule has 1 atom stereocenters. The van der Waals surface area contributed by atoms with E-state index in [1.54, 1.807) is 23.6 Å². The van der Waals surface area contributed by atoms with Crippen molar-refractivity contribution in [2.45, 2.75) is 12.5 Å². The van der Waals surface area contributed by atoms with Gasteiger partial charge in [-0.3, -0.25) is 10.4 Å². The third-order valence-electron chi connectivity index (χ3n) is 3.83. The Balaban J connectivity index is 1.75. The van der Waals surface area contributed by atoms with Crippen molar-refractivity contribution in [1.82, 2.24) is 4.98 Å². The van der Waals surface area contributed by atoms with Crippen LogP contribution in [-0.2, 0) is 11.2 Å². The van der Waals surface area contributed by atoms with Gasteiger partial charge >= 0.3 is 5.97 Å². The molecule has 3 rings (SSSR count). The average Bonchev–Trinajstić information content (AvgIpc) is 3.11. The molecule has 0 aliphatic rings. The molecule has 0 spiro atoms. The van der Waals surface area contributed by atoms with E-state index in [1.165, 1.54) is 17.4 Å². The number of carbonyl (C=O) groups is 1. The van der Waals surface area contributed by atoms with Gasteiger partial charge in [0, 0.05) is 20.9 Å². The van der Waals surface area contributed by atoms with Gasteiger partial charge < -0.3 is 10.4 Å². The summed E-state index contributed by atoms with van der Waals surface area (Å²) in [6, 6.07) is 13.5. The van der Waals surface area contributed by atoms with E-state index in [1.807, 2.05) is 24.3 Å². The van der Waals surface area contributed by atoms with Crippen LogP contribution in [-0.4, -0.2) is 32.5 Å². The Morgan fingerprint density at radius 1 is 1.22 bits per heavy atom. The minimum atomic E-state index is -0.955. The van der Waals surface area contributed by atoms with Gasteiger partial charge in [0.2, 0.25) is 0 Å². The van der Waals surface area contributed by atoms with E-state index in [-0.39, 0.29) is 10.9 Å². The van der Waals surface area contributed by atoms with Crippen LogP contribution in [0, 0.1) is 3.57 Å². The Morgan fingerprint density at radius 3 is 2.63 bits per heavy atom. The topological polar surface area (TPSA) is 106 Å². The molecule has 7 nitrogen and oxygen atoms in total. The summed E-state index contributed by atoms with van der Waals surface area (Å²) in [5.74, 6) is -0.955. The highest BCUT2D eigenvalue weighted by Crippen LogP contribution is 2.28. The molecule has 1 aromatic heterocycles. The third-order valence-corrected chi connectivity index (χ3v) is 5.32. The molecule has 0 aliphatic carbocycles. The minimum absolute atomic E-state index is 0.0382. The number of carboxylic acids is 1. The minimum Gasteiger partial charge on any atom is -0.480 e. The maximum absolute atomic E-state index is 11.6. The largest absolute Gasteiger partial charge is 0.480 e. The molecule has 27 heavy (non-hydrogen) atoms. The molecule has 4 N–H and O–H groups in total. The lowest BCUT2D eigenvalue weighted by Gasteiger charge is -2.13. The Hall–Kier alpha value is -2.21. The number of aromatic nitrogens is 1. The van der Waals surface area contributed by atoms with Gasteiger partial charge in [0.15, 0.2) is 5.13 Å². The van der Waals surface area contributed by atoms with Gasteiger partial charge in [-0.2, -0.15) is 0 Å². The average molecular weight is 497 g/mol. The van der Waals surface area contributed by atoms with Crippen molar-refractivity contribution in [3.63, 3.8) is 0 Å². The Kier molecular flexibility index (Phi) is 6.26. The lowest BCUT2D eigenvalue weighted by Crippen LogP contribution is -2.31. The molecule has 0 aliphatic heterocycles. The van der Waals surface area contributed by atoms with E-state index in [0.717, 1.165) is 9.13 Å². The molecular formula is C18H16IN3O4S. The molecular weight excluding hydrogens is 481 g/mol. The standard InChI is InChI=1S/C18H16IN3O4S/c19-13-6-4-11(5-7-13)8-15(17(23)24)20-18-21-16(10-27-18)12-2-1-3-14(9-12)22(25)26/h1-7,9-10,15,25-26H,8H2,(H,20,21)(H,23,24). The number of anilines is 2. The molecule has 1 unspecified atom stereocenters. The number of nitrogens with zero attached hydrogens (tertiary/aromatic N) is 2. The number of halogens is 1. The van der Waals surface area contributed by atoms with Gasteiger partial charge in [-0.1, -0.05) is 24.3 Å². The van der Waals surface area contributed by atoms with Crippen LogP contribution < -0.4 is 10.5 Å². The van der Waals surface area contributed by atoms with E-state index in [0.29, 0.717) is 22.8 Å². The summed E-state index contributed by atoms with van der Waals surface area (Å²) in [7, 11) is 0.